The molecule has 0 fully saturated rings. The highest BCUT2D eigenvalue weighted by atomic mass is 32.2. The van der Waals surface area contributed by atoms with Gasteiger partial charge in [0.25, 0.3) is 0 Å². The number of nitrogens with one attached hydrogen (secondary N) is 3. The van der Waals surface area contributed by atoms with Crippen LogP contribution < -0.4 is 21.7 Å². The third kappa shape index (κ3) is 11.8. The molecule has 0 aliphatic rings. The summed E-state index contributed by atoms with van der Waals surface area (Å²) in [5, 5.41) is 26.3. The number of amides is 4. The Morgan fingerprint density at radius 3 is 2.09 bits per heavy atom. The molecule has 2 aromatic rings. The number of hydrogen-bond donors (Lipinski definition) is 6. The molecule has 13 nitrogen and oxygen atoms in total. The number of hydrogen-bond acceptors (Lipinski definition) is 8. The summed E-state index contributed by atoms with van der Waals surface area (Å²) in [5.74, 6) is -3.74. The topological polar surface area (TPSA) is 208 Å². The van der Waals surface area contributed by atoms with E-state index in [9.17, 15) is 38.4 Å². The van der Waals surface area contributed by atoms with Gasteiger partial charge < -0.3 is 36.8 Å². The molecule has 0 saturated heterocycles. The fourth-order valence-electron chi connectivity index (χ4n) is 4.03. The first-order valence-electron chi connectivity index (χ1n) is 13.5. The number of likely N-dealkylation sites (N-methyl/N-ethyl adjacent to an activating group) is 1. The Morgan fingerprint density at radius 1 is 0.907 bits per heavy atom. The Hall–Kier alpha value is -4.30. The van der Waals surface area contributed by atoms with Gasteiger partial charge in [0.15, 0.2) is 0 Å². The highest BCUT2D eigenvalue weighted by molar-refractivity contribution is 7.84. The molecule has 0 aliphatic carbocycles. The first-order valence-corrected chi connectivity index (χ1v) is 15.3. The summed E-state index contributed by atoms with van der Waals surface area (Å²) in [6.07, 6.45) is 1.62. The second-order valence-electron chi connectivity index (χ2n) is 10.1. The minimum absolute atomic E-state index is 0.0574. The third-order valence-electron chi connectivity index (χ3n) is 6.64. The van der Waals surface area contributed by atoms with Crippen molar-refractivity contribution in [2.75, 3.05) is 25.6 Å². The number of rotatable bonds is 16. The Bertz CT molecular complexity index is 1290. The van der Waals surface area contributed by atoms with Crippen molar-refractivity contribution in [3.05, 3.63) is 65.7 Å². The summed E-state index contributed by atoms with van der Waals surface area (Å²) in [6.45, 7) is 0.931. The normalized spacial score (nSPS) is 14.3. The molecule has 43 heavy (non-hydrogen) atoms. The van der Waals surface area contributed by atoms with Crippen LogP contribution in [-0.2, 0) is 47.6 Å². The molecule has 0 aliphatic heterocycles. The standard InChI is InChI=1S/C29H39N5O8S/c1-18(32-27(38)22(30)15-20-9-11-21(35)12-10-20)26(37)31-17-25(36)34(2)24(16-19-7-5-4-6-8-19)28(39)33-23(29(40)41)13-14-43(3)42/h4-12,18,22-24,35H,13-17,30H2,1-3H3,(H,31,37)(H,32,38)(H,33,39)(H,40,41)/t18-,22-,23-,24-,43?/m0/s1. The van der Waals surface area contributed by atoms with Gasteiger partial charge in [0, 0.05) is 36.3 Å². The van der Waals surface area contributed by atoms with E-state index >= 15 is 0 Å². The number of carbonyl (C=O) groups excluding carboxylic acids is 4. The Kier molecular flexibility index (Phi) is 13.8. The van der Waals surface area contributed by atoms with Crippen molar-refractivity contribution in [1.29, 1.82) is 0 Å². The number of nitrogens with two attached hydrogens (primary N) is 1. The van der Waals surface area contributed by atoms with Gasteiger partial charge >= 0.3 is 5.97 Å². The molecule has 2 aromatic carbocycles. The number of carbonyl (C=O) groups is 5. The largest absolute Gasteiger partial charge is 0.508 e. The lowest BCUT2D eigenvalue weighted by Crippen LogP contribution is -2.55. The number of phenols is 1. The van der Waals surface area contributed by atoms with Crippen molar-refractivity contribution < 1.29 is 38.4 Å². The monoisotopic (exact) mass is 617 g/mol. The molecule has 0 aromatic heterocycles. The fourth-order valence-corrected chi connectivity index (χ4v) is 4.60. The van der Waals surface area contributed by atoms with Gasteiger partial charge in [-0.1, -0.05) is 42.5 Å². The molecule has 0 radical (unpaired) electrons. The van der Waals surface area contributed by atoms with E-state index in [0.29, 0.717) is 5.56 Å². The van der Waals surface area contributed by atoms with Crippen molar-refractivity contribution in [3.63, 3.8) is 0 Å². The number of benzene rings is 2. The molecule has 4 amide bonds. The zero-order valence-corrected chi connectivity index (χ0v) is 25.1. The Labute approximate surface area is 252 Å². The SMILES string of the molecule is C[C@H](NC(=O)[C@@H](N)Cc1ccc(O)cc1)C(=O)NCC(=O)N(C)[C@@H](Cc1ccccc1)C(=O)N[C@@H](CCS(C)=O)C(=O)O. The second kappa shape index (κ2) is 17.0. The quantitative estimate of drug-likeness (QED) is 0.140. The lowest BCUT2D eigenvalue weighted by atomic mass is 10.0. The van der Waals surface area contributed by atoms with Crippen molar-refractivity contribution in [1.82, 2.24) is 20.9 Å². The third-order valence-corrected chi connectivity index (χ3v) is 7.45. The summed E-state index contributed by atoms with van der Waals surface area (Å²) in [7, 11) is 0.102. The zero-order valence-electron chi connectivity index (χ0n) is 24.3. The number of nitrogens with zero attached hydrogens (tertiary/aromatic N) is 1. The van der Waals surface area contributed by atoms with E-state index in [0.717, 1.165) is 10.5 Å². The van der Waals surface area contributed by atoms with Gasteiger partial charge in [-0.05, 0) is 43.0 Å². The summed E-state index contributed by atoms with van der Waals surface area (Å²) >= 11 is 0. The van der Waals surface area contributed by atoms with E-state index < -0.39 is 71.1 Å². The summed E-state index contributed by atoms with van der Waals surface area (Å²) in [5.41, 5.74) is 7.39. The maximum absolute atomic E-state index is 13.2. The van der Waals surface area contributed by atoms with Crippen LogP contribution in [0.15, 0.2) is 54.6 Å². The molecule has 1 unspecified atom stereocenters. The molecule has 0 spiro atoms. The van der Waals surface area contributed by atoms with Crippen LogP contribution in [0.5, 0.6) is 5.75 Å². The highest BCUT2D eigenvalue weighted by Crippen LogP contribution is 2.12. The smallest absolute Gasteiger partial charge is 0.326 e. The first kappa shape index (κ1) is 34.9. The molecule has 5 atom stereocenters. The lowest BCUT2D eigenvalue weighted by Gasteiger charge is -2.29. The van der Waals surface area contributed by atoms with Crippen LogP contribution in [0, 0.1) is 0 Å². The molecule has 0 bridgehead atoms. The highest BCUT2D eigenvalue weighted by Gasteiger charge is 2.31. The van der Waals surface area contributed by atoms with E-state index in [1.165, 1.54) is 32.4 Å². The summed E-state index contributed by atoms with van der Waals surface area (Å²) in [4.78, 5) is 64.2. The van der Waals surface area contributed by atoms with Gasteiger partial charge in [-0.25, -0.2) is 4.79 Å². The predicted octanol–water partition coefficient (Wildman–Crippen LogP) is -0.709. The van der Waals surface area contributed by atoms with Crippen LogP contribution >= 0.6 is 0 Å². The molecular formula is C29H39N5O8S. The molecule has 234 valence electrons. The van der Waals surface area contributed by atoms with Crippen molar-refractivity contribution in [3.8, 4) is 5.75 Å². The maximum atomic E-state index is 13.2. The second-order valence-corrected chi connectivity index (χ2v) is 11.7. The van der Waals surface area contributed by atoms with Gasteiger partial charge in [-0.3, -0.25) is 23.4 Å². The summed E-state index contributed by atoms with van der Waals surface area (Å²) in [6, 6.07) is 10.6. The molecular weight excluding hydrogens is 578 g/mol. The van der Waals surface area contributed by atoms with Crippen molar-refractivity contribution in [2.45, 2.75) is 50.4 Å². The van der Waals surface area contributed by atoms with Crippen LogP contribution in [-0.4, -0.2) is 98.7 Å². The fraction of sp³-hybridized carbons (Fsp3) is 0.414. The Balaban J connectivity index is 2.01. The number of aromatic hydroxyl groups is 1. The average molecular weight is 618 g/mol. The first-order chi connectivity index (χ1) is 20.3. The number of aliphatic carboxylic acids is 1. The van der Waals surface area contributed by atoms with E-state index in [1.807, 2.05) is 0 Å². The maximum Gasteiger partial charge on any atom is 0.326 e. The van der Waals surface area contributed by atoms with Crippen LogP contribution in [0.25, 0.3) is 0 Å². The van der Waals surface area contributed by atoms with Gasteiger partial charge in [-0.2, -0.15) is 0 Å². The van der Waals surface area contributed by atoms with Crippen LogP contribution in [0.1, 0.15) is 24.5 Å². The molecule has 2 rings (SSSR count). The molecule has 0 heterocycles. The van der Waals surface area contributed by atoms with E-state index in [2.05, 4.69) is 16.0 Å². The van der Waals surface area contributed by atoms with Crippen LogP contribution in [0.3, 0.4) is 0 Å². The van der Waals surface area contributed by atoms with E-state index in [4.69, 9.17) is 5.73 Å². The van der Waals surface area contributed by atoms with Crippen LogP contribution in [0.2, 0.25) is 0 Å². The van der Waals surface area contributed by atoms with Gasteiger partial charge in [0.2, 0.25) is 23.6 Å². The van der Waals surface area contributed by atoms with E-state index in [-0.39, 0.29) is 30.8 Å². The van der Waals surface area contributed by atoms with Crippen molar-refractivity contribution in [2.24, 2.45) is 5.73 Å². The molecule has 0 saturated carbocycles. The van der Waals surface area contributed by atoms with Gasteiger partial charge in [0.1, 0.15) is 23.9 Å². The van der Waals surface area contributed by atoms with Crippen LogP contribution in [0.4, 0.5) is 0 Å². The average Bonchev–Trinajstić information content (AvgIpc) is 2.97. The van der Waals surface area contributed by atoms with Gasteiger partial charge in [-0.15, -0.1) is 0 Å². The number of carboxylic acid groups (broad SMARTS) is 1. The van der Waals surface area contributed by atoms with Crippen molar-refractivity contribution >= 4 is 40.4 Å². The Morgan fingerprint density at radius 2 is 1.51 bits per heavy atom. The van der Waals surface area contributed by atoms with E-state index in [1.54, 1.807) is 42.5 Å². The minimum atomic E-state index is -1.30. The summed E-state index contributed by atoms with van der Waals surface area (Å²) < 4.78 is 11.5. The minimum Gasteiger partial charge on any atom is -0.508 e. The van der Waals surface area contributed by atoms with Gasteiger partial charge in [0.05, 0.1) is 12.6 Å². The molecule has 14 heteroatoms. The predicted molar refractivity (Wildman–Crippen MR) is 160 cm³/mol. The number of phenolic OH excluding ortho intramolecular Hbond substituents is 1. The zero-order chi connectivity index (χ0) is 32.1. The number of carboxylic acids is 1. The molecule has 7 N–H and O–H groups in total. The lowest BCUT2D eigenvalue weighted by molar-refractivity contribution is -0.144.